The van der Waals surface area contributed by atoms with E-state index in [2.05, 4.69) is 9.89 Å². The number of piperidine rings is 1. The number of ether oxygens (including phenoxy) is 2. The molecule has 2 atom stereocenters. The largest absolute Gasteiger partial charge is 0.497 e. The first-order valence-electron chi connectivity index (χ1n) is 9.08. The molecular formula is C21H22F2N2O2. The van der Waals surface area contributed by atoms with Crippen molar-refractivity contribution in [3.8, 4) is 11.5 Å². The van der Waals surface area contributed by atoms with E-state index in [1.807, 2.05) is 18.2 Å². The Morgan fingerprint density at radius 1 is 1.07 bits per heavy atom. The Morgan fingerprint density at radius 3 is 2.56 bits per heavy atom. The van der Waals surface area contributed by atoms with Crippen molar-refractivity contribution in [2.45, 2.75) is 18.9 Å². The molecule has 0 radical (unpaired) electrons. The molecule has 1 fully saturated rings. The summed E-state index contributed by atoms with van der Waals surface area (Å²) in [6.45, 7) is 1.57. The molecule has 0 aromatic heterocycles. The Kier molecular flexibility index (Phi) is 4.72. The highest BCUT2D eigenvalue weighted by Crippen LogP contribution is 2.38. The molecule has 0 bridgehead atoms. The van der Waals surface area contributed by atoms with Gasteiger partial charge in [0.15, 0.2) is 0 Å². The summed E-state index contributed by atoms with van der Waals surface area (Å²) in [4.78, 5) is 6.91. The zero-order valence-electron chi connectivity index (χ0n) is 15.4. The lowest BCUT2D eigenvalue weighted by Gasteiger charge is -2.36. The first kappa shape index (κ1) is 17.8. The van der Waals surface area contributed by atoms with E-state index in [9.17, 15) is 8.78 Å². The Hall–Kier alpha value is -2.63. The summed E-state index contributed by atoms with van der Waals surface area (Å²) in [6.07, 6.45) is 1.41. The third kappa shape index (κ3) is 3.24. The van der Waals surface area contributed by atoms with Gasteiger partial charge in [-0.05, 0) is 37.1 Å². The SMILES string of the molecule is COc1ccc(OC)c(N2CCC3N=C(c4c(F)cccc4F)CC3C2)c1. The monoisotopic (exact) mass is 372 g/mol. The van der Waals surface area contributed by atoms with Crippen molar-refractivity contribution in [2.24, 2.45) is 10.9 Å². The van der Waals surface area contributed by atoms with Crippen LogP contribution in [0.2, 0.25) is 0 Å². The fourth-order valence-electron chi connectivity index (χ4n) is 4.09. The second-order valence-corrected chi connectivity index (χ2v) is 6.98. The normalized spacial score (nSPS) is 21.6. The molecule has 2 unspecified atom stereocenters. The molecule has 0 saturated carbocycles. The molecule has 4 rings (SSSR count). The number of halogens is 2. The standard InChI is InChI=1S/C21H22F2N2O2/c1-26-14-6-7-20(27-2)19(11-14)25-9-8-17-13(12-25)10-18(24-17)21-15(22)4-3-5-16(21)23/h3-7,11,13,17H,8-10,12H2,1-2H3. The second kappa shape index (κ2) is 7.18. The van der Waals surface area contributed by atoms with Gasteiger partial charge in [-0.25, -0.2) is 8.78 Å². The van der Waals surface area contributed by atoms with E-state index in [0.29, 0.717) is 12.1 Å². The van der Waals surface area contributed by atoms with Crippen LogP contribution in [0.4, 0.5) is 14.5 Å². The maximum absolute atomic E-state index is 14.1. The number of hydrogen-bond acceptors (Lipinski definition) is 4. The minimum Gasteiger partial charge on any atom is -0.497 e. The molecular weight excluding hydrogens is 350 g/mol. The maximum Gasteiger partial charge on any atom is 0.142 e. The van der Waals surface area contributed by atoms with Crippen LogP contribution in [-0.4, -0.2) is 39.1 Å². The molecule has 27 heavy (non-hydrogen) atoms. The molecule has 2 aliphatic rings. The minimum absolute atomic E-state index is 0.0254. The van der Waals surface area contributed by atoms with Crippen LogP contribution in [0.25, 0.3) is 0 Å². The maximum atomic E-state index is 14.1. The van der Waals surface area contributed by atoms with E-state index >= 15 is 0 Å². The Bertz CT molecular complexity index is 864. The van der Waals surface area contributed by atoms with Crippen molar-refractivity contribution in [3.05, 3.63) is 53.6 Å². The van der Waals surface area contributed by atoms with E-state index in [0.717, 1.165) is 36.7 Å². The fraction of sp³-hybridized carbons (Fsp3) is 0.381. The van der Waals surface area contributed by atoms with Crippen LogP contribution in [0.15, 0.2) is 41.4 Å². The van der Waals surface area contributed by atoms with Crippen molar-refractivity contribution in [1.29, 1.82) is 0 Å². The molecule has 4 nitrogen and oxygen atoms in total. The van der Waals surface area contributed by atoms with Gasteiger partial charge >= 0.3 is 0 Å². The van der Waals surface area contributed by atoms with Gasteiger partial charge in [-0.2, -0.15) is 0 Å². The van der Waals surface area contributed by atoms with Crippen molar-refractivity contribution in [3.63, 3.8) is 0 Å². The summed E-state index contributed by atoms with van der Waals surface area (Å²) in [5, 5.41) is 0. The lowest BCUT2D eigenvalue weighted by atomic mass is 9.90. The van der Waals surface area contributed by atoms with Gasteiger partial charge in [-0.3, -0.25) is 4.99 Å². The highest BCUT2D eigenvalue weighted by Gasteiger charge is 2.37. The predicted octanol–water partition coefficient (Wildman–Crippen LogP) is 4.07. The molecule has 0 aliphatic carbocycles. The number of benzene rings is 2. The summed E-state index contributed by atoms with van der Waals surface area (Å²) in [5.41, 5.74) is 1.54. The molecule has 2 aromatic rings. The summed E-state index contributed by atoms with van der Waals surface area (Å²) in [5.74, 6) is 0.694. The van der Waals surface area contributed by atoms with Crippen molar-refractivity contribution < 1.29 is 18.3 Å². The smallest absolute Gasteiger partial charge is 0.142 e. The van der Waals surface area contributed by atoms with E-state index in [4.69, 9.17) is 9.47 Å². The minimum atomic E-state index is -0.543. The van der Waals surface area contributed by atoms with Gasteiger partial charge < -0.3 is 14.4 Å². The van der Waals surface area contributed by atoms with Crippen LogP contribution in [0, 0.1) is 17.6 Å². The first-order valence-corrected chi connectivity index (χ1v) is 9.08. The third-order valence-electron chi connectivity index (χ3n) is 5.45. The van der Waals surface area contributed by atoms with Gasteiger partial charge in [-0.15, -0.1) is 0 Å². The Morgan fingerprint density at radius 2 is 1.85 bits per heavy atom. The van der Waals surface area contributed by atoms with Gasteiger partial charge in [-0.1, -0.05) is 6.07 Å². The van der Waals surface area contributed by atoms with E-state index in [1.54, 1.807) is 14.2 Å². The van der Waals surface area contributed by atoms with Crippen LogP contribution in [-0.2, 0) is 0 Å². The molecule has 1 saturated heterocycles. The summed E-state index contributed by atoms with van der Waals surface area (Å²) >= 11 is 0. The highest BCUT2D eigenvalue weighted by molar-refractivity contribution is 6.02. The molecule has 2 aliphatic heterocycles. The van der Waals surface area contributed by atoms with Gasteiger partial charge in [0.2, 0.25) is 0 Å². The fourth-order valence-corrected chi connectivity index (χ4v) is 4.09. The Balaban J connectivity index is 1.56. The van der Waals surface area contributed by atoms with Crippen LogP contribution in [0.5, 0.6) is 11.5 Å². The van der Waals surface area contributed by atoms with Crippen LogP contribution in [0.3, 0.4) is 0 Å². The predicted molar refractivity (Wildman–Crippen MR) is 101 cm³/mol. The lowest BCUT2D eigenvalue weighted by molar-refractivity contribution is 0.377. The number of aliphatic imine (C=N–C) groups is 1. The highest BCUT2D eigenvalue weighted by atomic mass is 19.1. The summed E-state index contributed by atoms with van der Waals surface area (Å²) < 4.78 is 39.1. The van der Waals surface area contributed by atoms with E-state index in [-0.39, 0.29) is 17.5 Å². The average molecular weight is 372 g/mol. The van der Waals surface area contributed by atoms with Crippen molar-refractivity contribution >= 4 is 11.4 Å². The van der Waals surface area contributed by atoms with Gasteiger partial charge in [0.1, 0.15) is 23.1 Å². The second-order valence-electron chi connectivity index (χ2n) is 6.98. The third-order valence-corrected chi connectivity index (χ3v) is 5.45. The van der Waals surface area contributed by atoms with Crippen molar-refractivity contribution in [1.82, 2.24) is 0 Å². The Labute approximate surface area is 157 Å². The molecule has 0 amide bonds. The zero-order valence-corrected chi connectivity index (χ0v) is 15.4. The molecule has 2 heterocycles. The number of methoxy groups -OCH3 is 2. The number of hydrogen-bond donors (Lipinski definition) is 0. The number of fused-ring (bicyclic) bond motifs is 1. The number of anilines is 1. The molecule has 0 spiro atoms. The molecule has 142 valence electrons. The summed E-state index contributed by atoms with van der Waals surface area (Å²) in [6, 6.07) is 9.79. The molecule has 6 heteroatoms. The van der Waals surface area contributed by atoms with Crippen molar-refractivity contribution in [2.75, 3.05) is 32.2 Å². The van der Waals surface area contributed by atoms with Crippen LogP contribution in [0.1, 0.15) is 18.4 Å². The number of nitrogens with zero attached hydrogens (tertiary/aromatic N) is 2. The number of rotatable bonds is 4. The molecule has 0 N–H and O–H groups in total. The van der Waals surface area contributed by atoms with Crippen LogP contribution >= 0.6 is 0 Å². The average Bonchev–Trinajstić information content (AvgIpc) is 3.10. The van der Waals surface area contributed by atoms with Gasteiger partial charge in [0.25, 0.3) is 0 Å². The van der Waals surface area contributed by atoms with Gasteiger partial charge in [0, 0.05) is 30.8 Å². The molecule has 2 aromatic carbocycles. The summed E-state index contributed by atoms with van der Waals surface area (Å²) in [7, 11) is 3.29. The van der Waals surface area contributed by atoms with Crippen LogP contribution < -0.4 is 14.4 Å². The zero-order chi connectivity index (χ0) is 19.0. The topological polar surface area (TPSA) is 34.1 Å². The first-order chi connectivity index (χ1) is 13.1. The lowest BCUT2D eigenvalue weighted by Crippen LogP contribution is -2.41. The van der Waals surface area contributed by atoms with Gasteiger partial charge in [0.05, 0.1) is 31.5 Å². The van der Waals surface area contributed by atoms with E-state index < -0.39 is 11.6 Å². The van der Waals surface area contributed by atoms with E-state index in [1.165, 1.54) is 18.2 Å². The quantitative estimate of drug-likeness (QED) is 0.811.